The summed E-state index contributed by atoms with van der Waals surface area (Å²) >= 11 is 0. The van der Waals surface area contributed by atoms with Crippen molar-refractivity contribution in [1.82, 2.24) is 49.9 Å². The predicted octanol–water partition coefficient (Wildman–Crippen LogP) is 4.76. The Morgan fingerprint density at radius 1 is 0.642 bits per heavy atom. The van der Waals surface area contributed by atoms with E-state index in [0.717, 1.165) is 5.56 Å². The first-order chi connectivity index (χ1) is 31.4. The van der Waals surface area contributed by atoms with E-state index < -0.39 is 76.4 Å². The van der Waals surface area contributed by atoms with Gasteiger partial charge in [0, 0.05) is 32.7 Å². The van der Waals surface area contributed by atoms with E-state index in [9.17, 15) is 29.1 Å². The van der Waals surface area contributed by atoms with Crippen LogP contribution in [-0.4, -0.2) is 123 Å². The molecule has 0 aliphatic rings. The van der Waals surface area contributed by atoms with Crippen LogP contribution in [0.1, 0.15) is 136 Å². The average Bonchev–Trinajstić information content (AvgIpc) is 4.04. The molecule has 4 aromatic rings. The summed E-state index contributed by atoms with van der Waals surface area (Å²) in [6.07, 6.45) is 5.73. The summed E-state index contributed by atoms with van der Waals surface area (Å²) in [4.78, 5) is 67.2. The van der Waals surface area contributed by atoms with E-state index in [0.29, 0.717) is 29.9 Å². The van der Waals surface area contributed by atoms with Crippen LogP contribution in [0.2, 0.25) is 0 Å². The molecule has 0 aliphatic heterocycles. The van der Waals surface area contributed by atoms with Gasteiger partial charge in [0.1, 0.15) is 11.2 Å². The number of aromatic nitrogens is 9. The average molecular weight is 937 g/mol. The number of carbonyl (C=O) groups excluding carboxylic acids is 5. The molecule has 21 nitrogen and oxygen atoms in total. The second-order valence-corrected chi connectivity index (χ2v) is 19.4. The van der Waals surface area contributed by atoms with E-state index in [1.165, 1.54) is 23.6 Å². The molecule has 5 atom stereocenters. The fourth-order valence-electron chi connectivity index (χ4n) is 7.13. The molecule has 3 heterocycles. The Morgan fingerprint density at radius 2 is 1.06 bits per heavy atom. The highest BCUT2D eigenvalue weighted by Crippen LogP contribution is 2.34. The minimum atomic E-state index is -1.01. The molecule has 1 aromatic carbocycles. The molecule has 368 valence electrons. The van der Waals surface area contributed by atoms with Gasteiger partial charge in [-0.2, -0.15) is 0 Å². The van der Waals surface area contributed by atoms with Crippen LogP contribution >= 0.6 is 0 Å². The van der Waals surface area contributed by atoms with Crippen LogP contribution < -0.4 is 0 Å². The quantitative estimate of drug-likeness (QED) is 0.0565. The highest BCUT2D eigenvalue weighted by molar-refractivity contribution is 5.78. The Hall–Kier alpha value is -6.09. The Bertz CT molecular complexity index is 2150. The molecular weight excluding hydrogens is 869 g/mol. The lowest BCUT2D eigenvalue weighted by molar-refractivity contribution is -0.162. The molecule has 21 heteroatoms. The third-order valence-corrected chi connectivity index (χ3v) is 10.5. The Labute approximate surface area is 391 Å². The van der Waals surface area contributed by atoms with Gasteiger partial charge in [0.05, 0.1) is 79.8 Å². The number of hydrogen-bond donors (Lipinski definition) is 1. The SMILES string of the molecule is COC(=O)C(C)CC(C(=O)OC(C)(C)C)n1cc(CN(Cc2cn(C(CC(C)C(=O)OC)C(=O)OC(C)(C)C)nn2)Cc2cn(C(CC(C)(C)C(=O)OCCCO)c3ccccc3)nn2)nn1. The highest BCUT2D eigenvalue weighted by Gasteiger charge is 2.36. The van der Waals surface area contributed by atoms with Crippen molar-refractivity contribution in [2.75, 3.05) is 27.4 Å². The molecule has 67 heavy (non-hydrogen) atoms. The van der Waals surface area contributed by atoms with Crippen LogP contribution in [0.4, 0.5) is 0 Å². The van der Waals surface area contributed by atoms with Gasteiger partial charge in [-0.3, -0.25) is 19.3 Å². The summed E-state index contributed by atoms with van der Waals surface area (Å²) in [5.74, 6) is -3.92. The molecule has 0 aliphatic carbocycles. The van der Waals surface area contributed by atoms with Crippen molar-refractivity contribution in [3.63, 3.8) is 0 Å². The maximum absolute atomic E-state index is 13.6. The van der Waals surface area contributed by atoms with Crippen molar-refractivity contribution < 1.29 is 52.8 Å². The number of methoxy groups -OCH3 is 2. The maximum atomic E-state index is 13.6. The zero-order chi connectivity index (χ0) is 49.7. The summed E-state index contributed by atoms with van der Waals surface area (Å²) < 4.78 is 31.3. The molecule has 0 radical (unpaired) electrons. The van der Waals surface area contributed by atoms with Crippen molar-refractivity contribution in [3.05, 3.63) is 71.6 Å². The van der Waals surface area contributed by atoms with Crippen LogP contribution in [-0.2, 0) is 67.3 Å². The van der Waals surface area contributed by atoms with Crippen molar-refractivity contribution in [3.8, 4) is 0 Å². The van der Waals surface area contributed by atoms with Crippen molar-refractivity contribution in [1.29, 1.82) is 0 Å². The van der Waals surface area contributed by atoms with Gasteiger partial charge in [-0.15, -0.1) is 15.3 Å². The van der Waals surface area contributed by atoms with Gasteiger partial charge in [-0.25, -0.2) is 23.6 Å². The summed E-state index contributed by atoms with van der Waals surface area (Å²) in [7, 11) is 2.56. The molecule has 0 bridgehead atoms. The fraction of sp³-hybridized carbons (Fsp3) is 0.630. The number of aliphatic hydroxyl groups excluding tert-OH is 1. The minimum absolute atomic E-state index is 0.0352. The fourth-order valence-corrected chi connectivity index (χ4v) is 7.13. The zero-order valence-electron chi connectivity index (χ0n) is 40.9. The predicted molar refractivity (Wildman–Crippen MR) is 240 cm³/mol. The smallest absolute Gasteiger partial charge is 0.331 e. The summed E-state index contributed by atoms with van der Waals surface area (Å²) in [6, 6.07) is 7.17. The van der Waals surface area contributed by atoms with Gasteiger partial charge in [0.25, 0.3) is 0 Å². The van der Waals surface area contributed by atoms with Gasteiger partial charge in [0.2, 0.25) is 0 Å². The lowest BCUT2D eigenvalue weighted by Crippen LogP contribution is -2.32. The number of ether oxygens (including phenoxy) is 5. The number of rotatable bonds is 24. The number of aliphatic hydroxyl groups is 1. The highest BCUT2D eigenvalue weighted by atomic mass is 16.6. The molecule has 5 unspecified atom stereocenters. The lowest BCUT2D eigenvalue weighted by atomic mass is 9.83. The molecular formula is C46H68N10O11. The first kappa shape index (κ1) is 53.5. The molecule has 0 spiro atoms. The number of benzene rings is 1. The van der Waals surface area contributed by atoms with Gasteiger partial charge in [0.15, 0.2) is 12.1 Å². The number of nitrogens with zero attached hydrogens (tertiary/aromatic N) is 10. The first-order valence-electron chi connectivity index (χ1n) is 22.3. The van der Waals surface area contributed by atoms with Crippen LogP contribution in [0.3, 0.4) is 0 Å². The second kappa shape index (κ2) is 23.6. The summed E-state index contributed by atoms with van der Waals surface area (Å²) in [5.41, 5.74) is -0.260. The third-order valence-electron chi connectivity index (χ3n) is 10.5. The van der Waals surface area contributed by atoms with Crippen LogP contribution in [0.5, 0.6) is 0 Å². The van der Waals surface area contributed by atoms with Crippen LogP contribution in [0.15, 0.2) is 48.9 Å². The van der Waals surface area contributed by atoms with E-state index in [1.807, 2.05) is 35.2 Å². The van der Waals surface area contributed by atoms with Crippen molar-refractivity contribution in [2.24, 2.45) is 17.3 Å². The minimum Gasteiger partial charge on any atom is -0.469 e. The number of hydrogen-bond acceptors (Lipinski definition) is 18. The molecule has 3 aromatic heterocycles. The molecule has 0 fully saturated rings. The van der Waals surface area contributed by atoms with E-state index in [1.54, 1.807) is 92.5 Å². The summed E-state index contributed by atoms with van der Waals surface area (Å²) in [6.45, 7) is 17.8. The Balaban J connectivity index is 1.73. The standard InChI is InChI=1S/C46H68N10O11/c1-30(39(58)63-11)21-36(41(60)66-44(3,4)5)54-27-33(47-50-54)24-53(25-34-28-55(51-48-34)37(22-31(2)40(59)64-12)42(61)67-45(6,7)8)26-35-29-56(52-49-35)38(32-17-14-13-15-18-32)23-46(9,10)43(62)65-20-16-19-57/h13-15,17-18,27-31,36-38,57H,16,19-26H2,1-12H3. The Morgan fingerprint density at radius 3 is 1.46 bits per heavy atom. The molecule has 0 amide bonds. The molecule has 4 rings (SSSR count). The molecule has 0 saturated heterocycles. The zero-order valence-corrected chi connectivity index (χ0v) is 40.9. The van der Waals surface area contributed by atoms with Gasteiger partial charge in [-0.1, -0.05) is 59.8 Å². The van der Waals surface area contributed by atoms with E-state index >= 15 is 0 Å². The number of esters is 5. The molecule has 1 N–H and O–H groups in total. The second-order valence-electron chi connectivity index (χ2n) is 19.4. The largest absolute Gasteiger partial charge is 0.469 e. The topological polar surface area (TPSA) is 247 Å². The third kappa shape index (κ3) is 16.3. The van der Waals surface area contributed by atoms with Gasteiger partial charge in [-0.05, 0) is 80.2 Å². The molecule has 0 saturated carbocycles. The van der Waals surface area contributed by atoms with E-state index in [2.05, 4.69) is 30.9 Å². The van der Waals surface area contributed by atoms with Crippen LogP contribution in [0.25, 0.3) is 0 Å². The monoisotopic (exact) mass is 937 g/mol. The summed E-state index contributed by atoms with van der Waals surface area (Å²) in [5, 5.41) is 35.8. The van der Waals surface area contributed by atoms with Crippen molar-refractivity contribution >= 4 is 29.8 Å². The van der Waals surface area contributed by atoms with E-state index in [4.69, 9.17) is 23.7 Å². The van der Waals surface area contributed by atoms with Crippen molar-refractivity contribution in [2.45, 2.75) is 144 Å². The lowest BCUT2D eigenvalue weighted by Gasteiger charge is -2.28. The normalized spacial score (nSPS) is 14.4. The maximum Gasteiger partial charge on any atom is 0.331 e. The van der Waals surface area contributed by atoms with Gasteiger partial charge >= 0.3 is 29.8 Å². The number of carbonyl (C=O) groups is 5. The Kier molecular flexibility index (Phi) is 18.8. The van der Waals surface area contributed by atoms with Gasteiger partial charge < -0.3 is 28.8 Å². The van der Waals surface area contributed by atoms with E-state index in [-0.39, 0.29) is 45.7 Å². The van der Waals surface area contributed by atoms with Crippen LogP contribution in [0, 0.1) is 17.3 Å². The first-order valence-corrected chi connectivity index (χ1v) is 22.3.